The van der Waals surface area contributed by atoms with Crippen LogP contribution in [0.4, 0.5) is 0 Å². The van der Waals surface area contributed by atoms with Crippen LogP contribution in [0.2, 0.25) is 5.02 Å². The van der Waals surface area contributed by atoms with Crippen molar-refractivity contribution in [3.63, 3.8) is 0 Å². The highest BCUT2D eigenvalue weighted by atomic mass is 35.5. The Labute approximate surface area is 142 Å². The molecule has 1 atom stereocenters. The summed E-state index contributed by atoms with van der Waals surface area (Å²) in [5.41, 5.74) is 0.785. The Bertz CT molecular complexity index is 752. The van der Waals surface area contributed by atoms with Crippen LogP contribution >= 0.6 is 23.4 Å². The Morgan fingerprint density at radius 1 is 1.48 bits per heavy atom. The molecule has 2 N–H and O–H groups in total. The van der Waals surface area contributed by atoms with Gasteiger partial charge in [0, 0.05) is 11.1 Å². The minimum atomic E-state index is -0.204. The van der Waals surface area contributed by atoms with E-state index in [0.717, 1.165) is 18.4 Å². The van der Waals surface area contributed by atoms with E-state index in [-0.39, 0.29) is 29.4 Å². The van der Waals surface area contributed by atoms with E-state index >= 15 is 0 Å². The van der Waals surface area contributed by atoms with Gasteiger partial charge in [-0.15, -0.1) is 5.10 Å². The smallest absolute Gasteiger partial charge is 0.344 e. The Morgan fingerprint density at radius 2 is 2.17 bits per heavy atom. The van der Waals surface area contributed by atoms with Crippen molar-refractivity contribution in [1.82, 2.24) is 20.1 Å². The minimum absolute atomic E-state index is 0.102. The van der Waals surface area contributed by atoms with Gasteiger partial charge in [0.25, 0.3) is 0 Å². The van der Waals surface area contributed by atoms with Crippen molar-refractivity contribution in [3.8, 4) is 0 Å². The lowest BCUT2D eigenvalue weighted by Crippen LogP contribution is -2.28. The summed E-state index contributed by atoms with van der Waals surface area (Å²) < 4.78 is 1.64. The number of benzene rings is 1. The summed E-state index contributed by atoms with van der Waals surface area (Å²) in [6.07, 6.45) is 1.99. The number of aromatic nitrogens is 3. The molecule has 1 aromatic heterocycles. The number of aromatic amines is 1. The highest BCUT2D eigenvalue weighted by Gasteiger charge is 2.28. The molecule has 0 unspecified atom stereocenters. The Hall–Kier alpha value is -1.73. The van der Waals surface area contributed by atoms with E-state index in [0.29, 0.717) is 10.2 Å². The molecule has 1 aromatic carbocycles. The van der Waals surface area contributed by atoms with Gasteiger partial charge in [0.1, 0.15) is 0 Å². The quantitative estimate of drug-likeness (QED) is 0.783. The number of hydrogen-bond donors (Lipinski definition) is 2. The fourth-order valence-corrected chi connectivity index (χ4v) is 3.25. The molecule has 6 nitrogen and oxygen atoms in total. The van der Waals surface area contributed by atoms with Gasteiger partial charge in [-0.2, -0.15) is 0 Å². The van der Waals surface area contributed by atoms with Crippen molar-refractivity contribution in [2.45, 2.75) is 37.0 Å². The molecule has 8 heteroatoms. The van der Waals surface area contributed by atoms with E-state index < -0.39 is 0 Å². The molecule has 1 amide bonds. The molecule has 0 aliphatic heterocycles. The van der Waals surface area contributed by atoms with Crippen molar-refractivity contribution in [2.24, 2.45) is 0 Å². The lowest BCUT2D eigenvalue weighted by Gasteiger charge is -2.14. The van der Waals surface area contributed by atoms with Crippen LogP contribution < -0.4 is 11.0 Å². The fourth-order valence-electron chi connectivity index (χ4n) is 2.29. The Balaban J connectivity index is 1.55. The third-order valence-corrected chi connectivity index (χ3v) is 4.87. The van der Waals surface area contributed by atoms with Gasteiger partial charge in [0.05, 0.1) is 11.8 Å². The van der Waals surface area contributed by atoms with Crippen molar-refractivity contribution in [2.75, 3.05) is 5.75 Å². The summed E-state index contributed by atoms with van der Waals surface area (Å²) in [5, 5.41) is 10.6. The lowest BCUT2D eigenvalue weighted by atomic mass is 10.1. The molecule has 23 heavy (non-hydrogen) atoms. The zero-order chi connectivity index (χ0) is 16.4. The molecule has 0 radical (unpaired) electrons. The van der Waals surface area contributed by atoms with Crippen LogP contribution in [0.5, 0.6) is 0 Å². The van der Waals surface area contributed by atoms with Crippen LogP contribution in [-0.2, 0) is 4.79 Å². The van der Waals surface area contributed by atoms with E-state index in [9.17, 15) is 9.59 Å². The standard InChI is InChI=1S/C15H17ClN4O2S/c1-9(10-2-4-11(16)5-3-10)17-13(21)8-23-15-19-18-14(22)20(15)12-6-7-12/h2-5,9,12H,6-8H2,1H3,(H,17,21)(H,18,22)/t9-/m0/s1. The number of hydrogen-bond acceptors (Lipinski definition) is 4. The van der Waals surface area contributed by atoms with Gasteiger partial charge in [-0.1, -0.05) is 35.5 Å². The van der Waals surface area contributed by atoms with E-state index in [4.69, 9.17) is 11.6 Å². The van der Waals surface area contributed by atoms with Crippen molar-refractivity contribution < 1.29 is 4.79 Å². The van der Waals surface area contributed by atoms with Crippen LogP contribution in [-0.4, -0.2) is 26.4 Å². The topological polar surface area (TPSA) is 79.8 Å². The molecule has 1 aliphatic rings. The average Bonchev–Trinajstić information content (AvgIpc) is 3.29. The molecule has 122 valence electrons. The van der Waals surface area contributed by atoms with Gasteiger partial charge in [0.15, 0.2) is 5.16 Å². The molecule has 0 saturated heterocycles. The predicted molar refractivity (Wildman–Crippen MR) is 89.9 cm³/mol. The van der Waals surface area contributed by atoms with E-state index in [2.05, 4.69) is 15.5 Å². The normalized spacial score (nSPS) is 15.4. The molecule has 2 aromatic rings. The third kappa shape index (κ3) is 3.97. The van der Waals surface area contributed by atoms with E-state index in [1.165, 1.54) is 11.8 Å². The maximum Gasteiger partial charge on any atom is 0.344 e. The number of amides is 1. The average molecular weight is 353 g/mol. The van der Waals surface area contributed by atoms with Crippen LogP contribution in [0.25, 0.3) is 0 Å². The number of H-pyrrole nitrogens is 1. The number of thioether (sulfide) groups is 1. The first-order valence-corrected chi connectivity index (χ1v) is 8.75. The Morgan fingerprint density at radius 3 is 2.83 bits per heavy atom. The highest BCUT2D eigenvalue weighted by molar-refractivity contribution is 7.99. The van der Waals surface area contributed by atoms with Gasteiger partial charge < -0.3 is 5.32 Å². The minimum Gasteiger partial charge on any atom is -0.349 e. The van der Waals surface area contributed by atoms with Crippen LogP contribution in [0.1, 0.15) is 37.4 Å². The highest BCUT2D eigenvalue weighted by Crippen LogP contribution is 2.35. The zero-order valence-corrected chi connectivity index (χ0v) is 14.2. The third-order valence-electron chi connectivity index (χ3n) is 3.66. The second kappa shape index (κ2) is 6.80. The molecule has 0 spiro atoms. The number of rotatable bonds is 6. The lowest BCUT2D eigenvalue weighted by molar-refractivity contribution is -0.119. The molecular weight excluding hydrogens is 336 g/mol. The van der Waals surface area contributed by atoms with Gasteiger partial charge in [-0.05, 0) is 37.5 Å². The summed E-state index contributed by atoms with van der Waals surface area (Å²) in [6, 6.07) is 7.50. The van der Waals surface area contributed by atoms with Crippen molar-refractivity contribution in [3.05, 3.63) is 45.3 Å². The first-order chi connectivity index (χ1) is 11.0. The number of halogens is 1. The molecular formula is C15H17ClN4O2S. The number of carbonyl (C=O) groups excluding carboxylic acids is 1. The summed E-state index contributed by atoms with van der Waals surface area (Å²) in [6.45, 7) is 1.92. The molecule has 1 heterocycles. The second-order valence-electron chi connectivity index (χ2n) is 5.54. The summed E-state index contributed by atoms with van der Waals surface area (Å²) in [7, 11) is 0. The number of nitrogens with one attached hydrogen (secondary N) is 2. The maximum absolute atomic E-state index is 12.1. The van der Waals surface area contributed by atoms with Crippen LogP contribution in [0.3, 0.4) is 0 Å². The van der Waals surface area contributed by atoms with Gasteiger partial charge in [0.2, 0.25) is 5.91 Å². The van der Waals surface area contributed by atoms with Gasteiger partial charge >= 0.3 is 5.69 Å². The van der Waals surface area contributed by atoms with E-state index in [1.807, 2.05) is 19.1 Å². The van der Waals surface area contributed by atoms with E-state index in [1.54, 1.807) is 16.7 Å². The maximum atomic E-state index is 12.1. The van der Waals surface area contributed by atoms with Gasteiger partial charge in [-0.25, -0.2) is 9.89 Å². The molecule has 1 saturated carbocycles. The van der Waals surface area contributed by atoms with Crippen LogP contribution in [0, 0.1) is 0 Å². The molecule has 1 aliphatic carbocycles. The number of carbonyl (C=O) groups is 1. The molecule has 3 rings (SSSR count). The SMILES string of the molecule is C[C@H](NC(=O)CSc1n[nH]c(=O)n1C1CC1)c1ccc(Cl)cc1. The largest absolute Gasteiger partial charge is 0.349 e. The van der Waals surface area contributed by atoms with Gasteiger partial charge in [-0.3, -0.25) is 9.36 Å². The summed E-state index contributed by atoms with van der Waals surface area (Å²) in [4.78, 5) is 23.8. The fraction of sp³-hybridized carbons (Fsp3) is 0.400. The molecule has 1 fully saturated rings. The predicted octanol–water partition coefficient (Wildman–Crippen LogP) is 2.53. The molecule has 0 bridgehead atoms. The monoisotopic (exact) mass is 352 g/mol. The zero-order valence-electron chi connectivity index (χ0n) is 12.6. The summed E-state index contributed by atoms with van der Waals surface area (Å²) in [5.74, 6) is 0.116. The van der Waals surface area contributed by atoms with Crippen molar-refractivity contribution >= 4 is 29.3 Å². The van der Waals surface area contributed by atoms with Crippen LogP contribution in [0.15, 0.2) is 34.2 Å². The first-order valence-electron chi connectivity index (χ1n) is 7.39. The summed E-state index contributed by atoms with van der Waals surface area (Å²) >= 11 is 7.13. The Kier molecular flexibility index (Phi) is 4.77. The van der Waals surface area contributed by atoms with Crippen molar-refractivity contribution in [1.29, 1.82) is 0 Å². The first kappa shape index (κ1) is 16.1. The number of nitrogens with zero attached hydrogens (tertiary/aromatic N) is 2. The second-order valence-corrected chi connectivity index (χ2v) is 6.92.